The molecule has 1 saturated carbocycles. The van der Waals surface area contributed by atoms with Gasteiger partial charge in [0.1, 0.15) is 0 Å². The Bertz CT molecular complexity index is 326. The predicted octanol–water partition coefficient (Wildman–Crippen LogP) is 2.72. The molecule has 1 amide bonds. The fourth-order valence-corrected chi connectivity index (χ4v) is 3.19. The molecule has 2 aliphatic rings. The van der Waals surface area contributed by atoms with Crippen molar-refractivity contribution in [2.75, 3.05) is 13.1 Å². The maximum absolute atomic E-state index is 12.6. The van der Waals surface area contributed by atoms with Crippen molar-refractivity contribution < 1.29 is 4.79 Å². The van der Waals surface area contributed by atoms with Crippen LogP contribution in [0.1, 0.15) is 51.9 Å². The van der Waals surface area contributed by atoms with Crippen molar-refractivity contribution in [3.63, 3.8) is 0 Å². The van der Waals surface area contributed by atoms with Crippen LogP contribution in [0.2, 0.25) is 0 Å². The first-order valence-electron chi connectivity index (χ1n) is 6.85. The first-order chi connectivity index (χ1) is 8.15. The quantitative estimate of drug-likeness (QED) is 0.700. The summed E-state index contributed by atoms with van der Waals surface area (Å²) in [5.41, 5.74) is -0.143. The minimum absolute atomic E-state index is 0.0555. The number of nitrogens with zero attached hydrogens (tertiary/aromatic N) is 2. The lowest BCUT2D eigenvalue weighted by molar-refractivity contribution is -0.144. The summed E-state index contributed by atoms with van der Waals surface area (Å²) < 4.78 is 0. The van der Waals surface area contributed by atoms with E-state index >= 15 is 0 Å². The minimum Gasteiger partial charge on any atom is -0.341 e. The molecule has 94 valence electrons. The van der Waals surface area contributed by atoms with E-state index in [0.29, 0.717) is 12.5 Å². The third-order valence-electron chi connectivity index (χ3n) is 4.36. The van der Waals surface area contributed by atoms with Crippen molar-refractivity contribution in [2.24, 2.45) is 11.3 Å². The molecule has 17 heavy (non-hydrogen) atoms. The van der Waals surface area contributed by atoms with Crippen LogP contribution in [0.4, 0.5) is 0 Å². The lowest BCUT2D eigenvalue weighted by atomic mass is 9.74. The van der Waals surface area contributed by atoms with Crippen LogP contribution in [0.3, 0.4) is 0 Å². The van der Waals surface area contributed by atoms with E-state index in [4.69, 9.17) is 5.26 Å². The van der Waals surface area contributed by atoms with Crippen molar-refractivity contribution in [2.45, 2.75) is 51.9 Å². The Kier molecular flexibility index (Phi) is 3.71. The largest absolute Gasteiger partial charge is 0.341 e. The van der Waals surface area contributed by atoms with E-state index < -0.39 is 0 Å². The Labute approximate surface area is 104 Å². The molecule has 1 unspecified atom stereocenters. The number of hydrogen-bond donors (Lipinski definition) is 0. The van der Waals surface area contributed by atoms with E-state index in [9.17, 15) is 4.79 Å². The van der Waals surface area contributed by atoms with Crippen molar-refractivity contribution in [3.05, 3.63) is 0 Å². The van der Waals surface area contributed by atoms with Gasteiger partial charge in [0.2, 0.25) is 5.91 Å². The zero-order chi connectivity index (χ0) is 12.3. The first-order valence-corrected chi connectivity index (χ1v) is 6.85. The van der Waals surface area contributed by atoms with E-state index in [1.807, 2.05) is 4.90 Å². The molecule has 2 rings (SSSR count). The summed E-state index contributed by atoms with van der Waals surface area (Å²) in [5, 5.41) is 8.98. The zero-order valence-corrected chi connectivity index (χ0v) is 10.7. The fourth-order valence-electron chi connectivity index (χ4n) is 3.19. The van der Waals surface area contributed by atoms with Gasteiger partial charge in [0.05, 0.1) is 12.0 Å². The number of piperidine rings is 1. The molecule has 1 aliphatic carbocycles. The second-order valence-corrected chi connectivity index (χ2v) is 5.84. The van der Waals surface area contributed by atoms with Crippen LogP contribution in [0.25, 0.3) is 0 Å². The Morgan fingerprint density at radius 3 is 2.65 bits per heavy atom. The molecule has 1 atom stereocenters. The molecule has 1 saturated heterocycles. The molecule has 0 bridgehead atoms. The molecule has 0 aromatic heterocycles. The topological polar surface area (TPSA) is 44.1 Å². The highest BCUT2D eigenvalue weighted by molar-refractivity contribution is 5.82. The number of likely N-dealkylation sites (tertiary alicyclic amines) is 1. The molecule has 0 spiro atoms. The molecule has 0 radical (unpaired) electrons. The van der Waals surface area contributed by atoms with Crippen molar-refractivity contribution in [1.82, 2.24) is 4.90 Å². The zero-order valence-electron chi connectivity index (χ0n) is 10.7. The average Bonchev–Trinajstić information content (AvgIpc) is 2.39. The predicted molar refractivity (Wildman–Crippen MR) is 66.1 cm³/mol. The second-order valence-electron chi connectivity index (χ2n) is 5.84. The third kappa shape index (κ3) is 2.62. The summed E-state index contributed by atoms with van der Waals surface area (Å²) in [6.07, 6.45) is 7.62. The Hall–Kier alpha value is -1.04. The number of hydrogen-bond acceptors (Lipinski definition) is 2. The third-order valence-corrected chi connectivity index (χ3v) is 4.36. The maximum Gasteiger partial charge on any atom is 0.228 e. The smallest absolute Gasteiger partial charge is 0.228 e. The summed E-state index contributed by atoms with van der Waals surface area (Å²) in [4.78, 5) is 14.5. The molecule has 0 N–H and O–H groups in total. The van der Waals surface area contributed by atoms with Gasteiger partial charge in [-0.25, -0.2) is 0 Å². The summed E-state index contributed by atoms with van der Waals surface area (Å²) in [6.45, 7) is 3.63. The monoisotopic (exact) mass is 234 g/mol. The van der Waals surface area contributed by atoms with Crippen LogP contribution in [-0.4, -0.2) is 23.9 Å². The van der Waals surface area contributed by atoms with E-state index in [2.05, 4.69) is 13.0 Å². The van der Waals surface area contributed by atoms with Gasteiger partial charge in [-0.1, -0.05) is 26.2 Å². The van der Waals surface area contributed by atoms with Crippen LogP contribution in [0.15, 0.2) is 0 Å². The van der Waals surface area contributed by atoms with Crippen molar-refractivity contribution >= 4 is 5.91 Å². The Balaban J connectivity index is 2.01. The van der Waals surface area contributed by atoms with Crippen molar-refractivity contribution in [3.8, 4) is 6.07 Å². The highest BCUT2D eigenvalue weighted by atomic mass is 16.2. The highest BCUT2D eigenvalue weighted by Crippen LogP contribution is 2.38. The van der Waals surface area contributed by atoms with Gasteiger partial charge in [0.15, 0.2) is 0 Å². The van der Waals surface area contributed by atoms with E-state index in [1.54, 1.807) is 0 Å². The van der Waals surface area contributed by atoms with Crippen LogP contribution < -0.4 is 0 Å². The van der Waals surface area contributed by atoms with Crippen LogP contribution in [0, 0.1) is 22.7 Å². The number of amides is 1. The van der Waals surface area contributed by atoms with Crippen LogP contribution >= 0.6 is 0 Å². The number of nitriles is 1. The van der Waals surface area contributed by atoms with Gasteiger partial charge in [-0.3, -0.25) is 4.79 Å². The van der Waals surface area contributed by atoms with Gasteiger partial charge in [0, 0.05) is 18.5 Å². The van der Waals surface area contributed by atoms with Crippen molar-refractivity contribution in [1.29, 1.82) is 5.26 Å². The molecule has 1 heterocycles. The molecule has 0 aromatic rings. The lowest BCUT2D eigenvalue weighted by Crippen LogP contribution is -2.47. The molecular weight excluding hydrogens is 212 g/mol. The molecule has 3 nitrogen and oxygen atoms in total. The molecule has 2 fully saturated rings. The minimum atomic E-state index is -0.143. The standard InChI is InChI=1S/C14H22N2O/c1-14(7-3-2-4-8-14)13(17)16-9-5-6-12(10-15)11-16/h12H,2-9,11H2,1H3. The summed E-state index contributed by atoms with van der Waals surface area (Å²) in [5.74, 6) is 0.358. The van der Waals surface area contributed by atoms with Gasteiger partial charge in [0.25, 0.3) is 0 Å². The van der Waals surface area contributed by atoms with Crippen LogP contribution in [-0.2, 0) is 4.79 Å². The number of rotatable bonds is 1. The number of carbonyl (C=O) groups excluding carboxylic acids is 1. The molecule has 1 aliphatic heterocycles. The Morgan fingerprint density at radius 1 is 1.29 bits per heavy atom. The number of carbonyl (C=O) groups is 1. The van der Waals surface area contributed by atoms with Gasteiger partial charge in [-0.2, -0.15) is 5.26 Å². The highest BCUT2D eigenvalue weighted by Gasteiger charge is 2.38. The first kappa shape index (κ1) is 12.4. The van der Waals surface area contributed by atoms with E-state index in [1.165, 1.54) is 19.3 Å². The second kappa shape index (κ2) is 5.08. The lowest BCUT2D eigenvalue weighted by Gasteiger charge is -2.39. The summed E-state index contributed by atoms with van der Waals surface area (Å²) >= 11 is 0. The van der Waals surface area contributed by atoms with Gasteiger partial charge < -0.3 is 4.90 Å². The van der Waals surface area contributed by atoms with Crippen LogP contribution in [0.5, 0.6) is 0 Å². The normalized spacial score (nSPS) is 28.5. The van der Waals surface area contributed by atoms with Gasteiger partial charge in [-0.15, -0.1) is 0 Å². The fraction of sp³-hybridized carbons (Fsp3) is 0.857. The van der Waals surface area contributed by atoms with Gasteiger partial charge >= 0.3 is 0 Å². The molecule has 3 heteroatoms. The Morgan fingerprint density at radius 2 is 2.00 bits per heavy atom. The average molecular weight is 234 g/mol. The summed E-state index contributed by atoms with van der Waals surface area (Å²) in [6, 6.07) is 2.31. The summed E-state index contributed by atoms with van der Waals surface area (Å²) in [7, 11) is 0. The van der Waals surface area contributed by atoms with E-state index in [0.717, 1.165) is 32.2 Å². The van der Waals surface area contributed by atoms with E-state index in [-0.39, 0.29) is 11.3 Å². The molecule has 0 aromatic carbocycles. The maximum atomic E-state index is 12.6. The SMILES string of the molecule is CC1(C(=O)N2CCCC(C#N)C2)CCCCC1. The van der Waals surface area contributed by atoms with Gasteiger partial charge in [-0.05, 0) is 25.7 Å². The molecular formula is C14H22N2O.